The van der Waals surface area contributed by atoms with Crippen molar-refractivity contribution < 1.29 is 0 Å². The molecule has 2 nitrogen and oxygen atoms in total. The highest BCUT2D eigenvalue weighted by Crippen LogP contribution is 2.21. The van der Waals surface area contributed by atoms with Gasteiger partial charge in [0.05, 0.1) is 11.6 Å². The molecular formula is C14H14N2. The van der Waals surface area contributed by atoms with Crippen LogP contribution in [-0.4, -0.2) is 4.98 Å². The van der Waals surface area contributed by atoms with Crippen molar-refractivity contribution in [3.05, 3.63) is 41.7 Å². The van der Waals surface area contributed by atoms with E-state index in [4.69, 9.17) is 5.26 Å². The summed E-state index contributed by atoms with van der Waals surface area (Å²) >= 11 is 0. The van der Waals surface area contributed by atoms with E-state index in [1.807, 2.05) is 24.3 Å². The van der Waals surface area contributed by atoms with Crippen LogP contribution in [0.15, 0.2) is 30.5 Å². The smallest absolute Gasteiger partial charge is 0.0998 e. The van der Waals surface area contributed by atoms with Gasteiger partial charge in [-0.15, -0.1) is 0 Å². The summed E-state index contributed by atoms with van der Waals surface area (Å²) in [6.07, 6.45) is 5.09. The molecule has 1 heterocycles. The molecule has 0 radical (unpaired) electrons. The van der Waals surface area contributed by atoms with E-state index in [1.165, 1.54) is 0 Å². The van der Waals surface area contributed by atoms with Gasteiger partial charge in [-0.25, -0.2) is 0 Å². The highest BCUT2D eigenvalue weighted by atomic mass is 14.7. The van der Waals surface area contributed by atoms with Crippen molar-refractivity contribution >= 4 is 10.8 Å². The van der Waals surface area contributed by atoms with Crippen LogP contribution < -0.4 is 0 Å². The Morgan fingerprint density at radius 1 is 1.25 bits per heavy atom. The molecule has 2 aromatic rings. The van der Waals surface area contributed by atoms with E-state index in [1.54, 1.807) is 6.20 Å². The molecule has 0 saturated carbocycles. The zero-order valence-corrected chi connectivity index (χ0v) is 9.40. The Morgan fingerprint density at radius 3 is 2.88 bits per heavy atom. The summed E-state index contributed by atoms with van der Waals surface area (Å²) in [4.78, 5) is 4.41. The number of nitriles is 1. The molecule has 2 rings (SSSR count). The second-order valence-electron chi connectivity index (χ2n) is 3.87. The molecule has 0 amide bonds. The fourth-order valence-corrected chi connectivity index (χ4v) is 1.91. The zero-order chi connectivity index (χ0) is 11.4. The van der Waals surface area contributed by atoms with Crippen molar-refractivity contribution in [3.63, 3.8) is 0 Å². The van der Waals surface area contributed by atoms with Gasteiger partial charge in [-0.1, -0.05) is 25.5 Å². The third kappa shape index (κ3) is 1.90. The highest BCUT2D eigenvalue weighted by Gasteiger charge is 2.04. The van der Waals surface area contributed by atoms with Gasteiger partial charge < -0.3 is 0 Å². The summed E-state index contributed by atoms with van der Waals surface area (Å²) in [6.45, 7) is 2.17. The number of aryl methyl sites for hydroxylation is 1. The maximum Gasteiger partial charge on any atom is 0.0998 e. The lowest BCUT2D eigenvalue weighted by molar-refractivity contribution is 0.782. The molecule has 0 aliphatic rings. The molecule has 1 aromatic heterocycles. The minimum Gasteiger partial charge on any atom is -0.261 e. The maximum absolute atomic E-state index is 9.03. The first-order valence-electron chi connectivity index (χ1n) is 5.63. The third-order valence-electron chi connectivity index (χ3n) is 2.78. The number of hydrogen-bond donors (Lipinski definition) is 0. The predicted octanol–water partition coefficient (Wildman–Crippen LogP) is 3.45. The highest BCUT2D eigenvalue weighted by molar-refractivity contribution is 5.89. The Balaban J connectivity index is 2.56. The lowest BCUT2D eigenvalue weighted by Gasteiger charge is -2.05. The standard InChI is InChI=1S/C14H14N2/c1-2-3-7-14-13-6-4-5-11(10-15)12(13)8-9-16-14/h4-6,8-9H,2-3,7H2,1H3. The van der Waals surface area contributed by atoms with Crippen molar-refractivity contribution in [2.24, 2.45) is 0 Å². The van der Waals surface area contributed by atoms with E-state index < -0.39 is 0 Å². The molecule has 0 atom stereocenters. The Labute approximate surface area is 95.6 Å². The first kappa shape index (κ1) is 10.6. The summed E-state index contributed by atoms with van der Waals surface area (Å²) in [5.74, 6) is 0. The van der Waals surface area contributed by atoms with Crippen LogP contribution in [0, 0.1) is 11.3 Å². The summed E-state index contributed by atoms with van der Waals surface area (Å²) in [5, 5.41) is 11.2. The number of aromatic nitrogens is 1. The first-order chi connectivity index (χ1) is 7.86. The van der Waals surface area contributed by atoms with Crippen molar-refractivity contribution in [2.75, 3.05) is 0 Å². The molecular weight excluding hydrogens is 196 g/mol. The van der Waals surface area contributed by atoms with Crippen LogP contribution in [0.2, 0.25) is 0 Å². The molecule has 0 bridgehead atoms. The van der Waals surface area contributed by atoms with Gasteiger partial charge in [0, 0.05) is 22.7 Å². The van der Waals surface area contributed by atoms with Gasteiger partial charge >= 0.3 is 0 Å². The average molecular weight is 210 g/mol. The van der Waals surface area contributed by atoms with Crippen molar-refractivity contribution in [2.45, 2.75) is 26.2 Å². The quantitative estimate of drug-likeness (QED) is 0.778. The van der Waals surface area contributed by atoms with Crippen LogP contribution in [0.1, 0.15) is 31.0 Å². The maximum atomic E-state index is 9.03. The van der Waals surface area contributed by atoms with E-state index in [2.05, 4.69) is 18.0 Å². The minimum absolute atomic E-state index is 0.734. The van der Waals surface area contributed by atoms with Crippen molar-refractivity contribution in [1.29, 1.82) is 5.26 Å². The molecule has 0 N–H and O–H groups in total. The Hall–Kier alpha value is -1.88. The second kappa shape index (κ2) is 4.76. The van der Waals surface area contributed by atoms with Crippen LogP contribution in [0.25, 0.3) is 10.8 Å². The Morgan fingerprint density at radius 2 is 2.12 bits per heavy atom. The second-order valence-corrected chi connectivity index (χ2v) is 3.87. The molecule has 16 heavy (non-hydrogen) atoms. The van der Waals surface area contributed by atoms with Gasteiger partial charge in [0.15, 0.2) is 0 Å². The molecule has 0 spiro atoms. The van der Waals surface area contributed by atoms with Gasteiger partial charge in [0.1, 0.15) is 0 Å². The monoisotopic (exact) mass is 210 g/mol. The number of rotatable bonds is 3. The molecule has 0 aliphatic carbocycles. The number of benzene rings is 1. The van der Waals surface area contributed by atoms with Crippen molar-refractivity contribution in [3.8, 4) is 6.07 Å². The van der Waals surface area contributed by atoms with Crippen LogP contribution in [-0.2, 0) is 6.42 Å². The fraction of sp³-hybridized carbons (Fsp3) is 0.286. The fourth-order valence-electron chi connectivity index (χ4n) is 1.91. The third-order valence-corrected chi connectivity index (χ3v) is 2.78. The van der Waals surface area contributed by atoms with Gasteiger partial charge in [-0.05, 0) is 25.0 Å². The van der Waals surface area contributed by atoms with Crippen LogP contribution in [0.5, 0.6) is 0 Å². The van der Waals surface area contributed by atoms with E-state index in [0.717, 1.165) is 41.3 Å². The van der Waals surface area contributed by atoms with Crippen LogP contribution in [0.3, 0.4) is 0 Å². The van der Waals surface area contributed by atoms with Crippen LogP contribution in [0.4, 0.5) is 0 Å². The summed E-state index contributed by atoms with van der Waals surface area (Å²) in [6, 6.07) is 9.98. The number of nitrogens with zero attached hydrogens (tertiary/aromatic N) is 2. The normalized spacial score (nSPS) is 10.2. The number of unbranched alkanes of at least 4 members (excludes halogenated alkanes) is 1. The van der Waals surface area contributed by atoms with E-state index in [-0.39, 0.29) is 0 Å². The molecule has 0 fully saturated rings. The minimum atomic E-state index is 0.734. The summed E-state index contributed by atoms with van der Waals surface area (Å²) < 4.78 is 0. The number of fused-ring (bicyclic) bond motifs is 1. The van der Waals surface area contributed by atoms with Crippen LogP contribution >= 0.6 is 0 Å². The van der Waals surface area contributed by atoms with E-state index in [0.29, 0.717) is 0 Å². The van der Waals surface area contributed by atoms with Gasteiger partial charge in [0.2, 0.25) is 0 Å². The molecule has 0 saturated heterocycles. The van der Waals surface area contributed by atoms with Gasteiger partial charge in [-0.3, -0.25) is 4.98 Å². The summed E-state index contributed by atoms with van der Waals surface area (Å²) in [5.41, 5.74) is 1.84. The number of hydrogen-bond acceptors (Lipinski definition) is 2. The molecule has 0 aliphatic heterocycles. The Kier molecular flexibility index (Phi) is 3.16. The van der Waals surface area contributed by atoms with Gasteiger partial charge in [-0.2, -0.15) is 5.26 Å². The van der Waals surface area contributed by atoms with E-state index in [9.17, 15) is 0 Å². The number of pyridine rings is 1. The topological polar surface area (TPSA) is 36.7 Å². The zero-order valence-electron chi connectivity index (χ0n) is 9.40. The summed E-state index contributed by atoms with van der Waals surface area (Å²) in [7, 11) is 0. The largest absolute Gasteiger partial charge is 0.261 e. The SMILES string of the molecule is CCCCc1nccc2c(C#N)cccc12. The molecule has 1 aromatic carbocycles. The Bertz CT molecular complexity index is 538. The van der Waals surface area contributed by atoms with Gasteiger partial charge in [0.25, 0.3) is 0 Å². The predicted molar refractivity (Wildman–Crippen MR) is 65.1 cm³/mol. The molecule has 80 valence electrons. The average Bonchev–Trinajstić information content (AvgIpc) is 2.35. The molecule has 2 heteroatoms. The van der Waals surface area contributed by atoms with Crippen molar-refractivity contribution in [1.82, 2.24) is 4.98 Å². The lowest BCUT2D eigenvalue weighted by atomic mass is 10.0. The lowest BCUT2D eigenvalue weighted by Crippen LogP contribution is -1.92. The molecule has 0 unspecified atom stereocenters. The van der Waals surface area contributed by atoms with E-state index >= 15 is 0 Å². The first-order valence-corrected chi connectivity index (χ1v) is 5.63.